The van der Waals surface area contributed by atoms with Crippen molar-refractivity contribution in [2.75, 3.05) is 0 Å². The fourth-order valence-corrected chi connectivity index (χ4v) is 2.77. The summed E-state index contributed by atoms with van der Waals surface area (Å²) in [7, 11) is 0. The highest BCUT2D eigenvalue weighted by Gasteiger charge is 2.25. The molecule has 21 heavy (non-hydrogen) atoms. The average Bonchev–Trinajstić information content (AvgIpc) is 2.84. The molecule has 2 rings (SSSR count). The summed E-state index contributed by atoms with van der Waals surface area (Å²) >= 11 is 0. The number of benzene rings is 1. The molecular formula is C16H22N2O3. The van der Waals surface area contributed by atoms with Crippen molar-refractivity contribution in [3.05, 3.63) is 35.9 Å². The Labute approximate surface area is 124 Å². The fraction of sp³-hybridized carbons (Fsp3) is 0.500. The van der Waals surface area contributed by atoms with Gasteiger partial charge < -0.3 is 15.7 Å². The molecule has 0 aliphatic heterocycles. The van der Waals surface area contributed by atoms with E-state index in [-0.39, 0.29) is 12.5 Å². The Kier molecular flexibility index (Phi) is 5.20. The van der Waals surface area contributed by atoms with Crippen molar-refractivity contribution in [2.45, 2.75) is 44.7 Å². The van der Waals surface area contributed by atoms with Crippen molar-refractivity contribution in [3.8, 4) is 0 Å². The Balaban J connectivity index is 1.87. The highest BCUT2D eigenvalue weighted by atomic mass is 16.4. The standard InChI is InChI=1S/C16H22N2O3/c1-11-7-8-13(9-11)17-16(21)18-14(15(19)20)10-12-5-3-2-4-6-12/h2-6,11,13-14H,7-10H2,1H3,(H,19,20)(H2,17,18,21)/t11?,13?,14-/m1/s1. The van der Waals surface area contributed by atoms with Crippen LogP contribution < -0.4 is 10.6 Å². The van der Waals surface area contributed by atoms with Gasteiger partial charge in [0.2, 0.25) is 0 Å². The minimum atomic E-state index is -1.02. The molecule has 0 saturated heterocycles. The second-order valence-electron chi connectivity index (χ2n) is 5.81. The summed E-state index contributed by atoms with van der Waals surface area (Å²) in [5.74, 6) is -0.399. The van der Waals surface area contributed by atoms with Crippen molar-refractivity contribution in [1.82, 2.24) is 10.6 Å². The Hall–Kier alpha value is -2.04. The number of rotatable bonds is 5. The number of carbonyl (C=O) groups is 2. The molecule has 3 N–H and O–H groups in total. The van der Waals surface area contributed by atoms with Crippen LogP contribution in [0.3, 0.4) is 0 Å². The van der Waals surface area contributed by atoms with Gasteiger partial charge in [-0.1, -0.05) is 37.3 Å². The lowest BCUT2D eigenvalue weighted by Crippen LogP contribution is -2.49. The molecule has 5 heteroatoms. The maximum Gasteiger partial charge on any atom is 0.326 e. The van der Waals surface area contributed by atoms with Crippen LogP contribution in [0.1, 0.15) is 31.7 Å². The molecule has 0 heterocycles. The molecular weight excluding hydrogens is 268 g/mol. The molecule has 114 valence electrons. The lowest BCUT2D eigenvalue weighted by atomic mass is 10.1. The maximum atomic E-state index is 11.9. The Morgan fingerprint density at radius 1 is 1.29 bits per heavy atom. The van der Waals surface area contributed by atoms with Crippen LogP contribution in [0.25, 0.3) is 0 Å². The molecule has 0 radical (unpaired) electrons. The van der Waals surface area contributed by atoms with Crippen LogP contribution in [0.5, 0.6) is 0 Å². The number of carboxylic acid groups (broad SMARTS) is 1. The van der Waals surface area contributed by atoms with Crippen LogP contribution in [0, 0.1) is 5.92 Å². The van der Waals surface area contributed by atoms with Crippen LogP contribution in [-0.4, -0.2) is 29.2 Å². The Morgan fingerprint density at radius 3 is 2.57 bits per heavy atom. The van der Waals surface area contributed by atoms with Gasteiger partial charge in [0.1, 0.15) is 6.04 Å². The van der Waals surface area contributed by atoms with Gasteiger partial charge in [-0.05, 0) is 30.7 Å². The summed E-state index contributed by atoms with van der Waals surface area (Å²) in [6.07, 6.45) is 3.32. The third-order valence-electron chi connectivity index (χ3n) is 3.92. The smallest absolute Gasteiger partial charge is 0.326 e. The van der Waals surface area contributed by atoms with Crippen LogP contribution in [0.4, 0.5) is 4.79 Å². The second kappa shape index (κ2) is 7.11. The quantitative estimate of drug-likeness (QED) is 0.777. The lowest BCUT2D eigenvalue weighted by Gasteiger charge is -2.18. The van der Waals surface area contributed by atoms with E-state index >= 15 is 0 Å². The molecule has 5 nitrogen and oxygen atoms in total. The van der Waals surface area contributed by atoms with E-state index in [1.807, 2.05) is 30.3 Å². The molecule has 1 saturated carbocycles. The average molecular weight is 290 g/mol. The molecule has 1 fully saturated rings. The van der Waals surface area contributed by atoms with Crippen molar-refractivity contribution in [2.24, 2.45) is 5.92 Å². The fourth-order valence-electron chi connectivity index (χ4n) is 2.77. The van der Waals surface area contributed by atoms with Gasteiger partial charge in [-0.3, -0.25) is 0 Å². The van der Waals surface area contributed by atoms with E-state index in [9.17, 15) is 14.7 Å². The molecule has 0 aromatic heterocycles. The van der Waals surface area contributed by atoms with E-state index in [4.69, 9.17) is 0 Å². The number of urea groups is 1. The van der Waals surface area contributed by atoms with Gasteiger partial charge in [0.05, 0.1) is 0 Å². The highest BCUT2D eigenvalue weighted by molar-refractivity contribution is 5.82. The first-order valence-electron chi connectivity index (χ1n) is 7.38. The maximum absolute atomic E-state index is 11.9. The number of aliphatic carboxylic acids is 1. The third-order valence-corrected chi connectivity index (χ3v) is 3.92. The molecule has 1 aromatic carbocycles. The summed E-state index contributed by atoms with van der Waals surface area (Å²) in [4.78, 5) is 23.2. The van der Waals surface area contributed by atoms with Gasteiger partial charge in [-0.15, -0.1) is 0 Å². The Bertz CT molecular complexity index is 490. The SMILES string of the molecule is CC1CCC(NC(=O)N[C@H](Cc2ccccc2)C(=O)O)C1. The van der Waals surface area contributed by atoms with E-state index in [1.54, 1.807) is 0 Å². The minimum Gasteiger partial charge on any atom is -0.480 e. The minimum absolute atomic E-state index is 0.158. The summed E-state index contributed by atoms with van der Waals surface area (Å²) in [6.45, 7) is 2.16. The van der Waals surface area contributed by atoms with Crippen LogP contribution in [-0.2, 0) is 11.2 Å². The number of nitrogens with one attached hydrogen (secondary N) is 2. The number of hydrogen-bond acceptors (Lipinski definition) is 2. The first-order valence-corrected chi connectivity index (χ1v) is 7.38. The predicted molar refractivity (Wildman–Crippen MR) is 80.0 cm³/mol. The predicted octanol–water partition coefficient (Wildman–Crippen LogP) is 2.17. The molecule has 0 bridgehead atoms. The van der Waals surface area contributed by atoms with Crippen molar-refractivity contribution >= 4 is 12.0 Å². The summed E-state index contributed by atoms with van der Waals surface area (Å²) in [5, 5.41) is 14.7. The normalized spacial score (nSPS) is 22.5. The van der Waals surface area contributed by atoms with Crippen molar-refractivity contribution in [3.63, 3.8) is 0 Å². The van der Waals surface area contributed by atoms with Crippen LogP contribution in [0.2, 0.25) is 0 Å². The van der Waals surface area contributed by atoms with E-state index < -0.39 is 18.0 Å². The van der Waals surface area contributed by atoms with Crippen LogP contribution in [0.15, 0.2) is 30.3 Å². The molecule has 2 amide bonds. The van der Waals surface area contributed by atoms with E-state index in [1.165, 1.54) is 0 Å². The monoisotopic (exact) mass is 290 g/mol. The zero-order valence-electron chi connectivity index (χ0n) is 12.2. The van der Waals surface area contributed by atoms with Gasteiger partial charge in [-0.25, -0.2) is 9.59 Å². The zero-order valence-corrected chi connectivity index (χ0v) is 12.2. The van der Waals surface area contributed by atoms with Gasteiger partial charge in [0, 0.05) is 12.5 Å². The molecule has 1 aromatic rings. The molecule has 2 unspecified atom stereocenters. The van der Waals surface area contributed by atoms with Crippen molar-refractivity contribution < 1.29 is 14.7 Å². The van der Waals surface area contributed by atoms with E-state index in [2.05, 4.69) is 17.6 Å². The highest BCUT2D eigenvalue weighted by Crippen LogP contribution is 2.24. The number of amides is 2. The van der Waals surface area contributed by atoms with Crippen molar-refractivity contribution in [1.29, 1.82) is 0 Å². The molecule has 0 spiro atoms. The third kappa shape index (κ3) is 4.77. The molecule has 3 atom stereocenters. The van der Waals surface area contributed by atoms with Gasteiger partial charge >= 0.3 is 12.0 Å². The van der Waals surface area contributed by atoms with Gasteiger partial charge in [0.15, 0.2) is 0 Å². The lowest BCUT2D eigenvalue weighted by molar-refractivity contribution is -0.139. The largest absolute Gasteiger partial charge is 0.480 e. The first kappa shape index (κ1) is 15.4. The molecule has 1 aliphatic carbocycles. The van der Waals surface area contributed by atoms with Gasteiger partial charge in [0.25, 0.3) is 0 Å². The number of carboxylic acids is 1. The molecule has 1 aliphatic rings. The zero-order chi connectivity index (χ0) is 15.2. The van der Waals surface area contributed by atoms with E-state index in [0.717, 1.165) is 24.8 Å². The summed E-state index contributed by atoms with van der Waals surface area (Å²) in [6, 6.07) is 8.15. The first-order chi connectivity index (χ1) is 10.0. The van der Waals surface area contributed by atoms with Gasteiger partial charge in [-0.2, -0.15) is 0 Å². The van der Waals surface area contributed by atoms with Crippen LogP contribution >= 0.6 is 0 Å². The number of carbonyl (C=O) groups excluding carboxylic acids is 1. The topological polar surface area (TPSA) is 78.4 Å². The Morgan fingerprint density at radius 2 is 2.00 bits per heavy atom. The summed E-state index contributed by atoms with van der Waals surface area (Å²) in [5.41, 5.74) is 0.889. The summed E-state index contributed by atoms with van der Waals surface area (Å²) < 4.78 is 0. The van der Waals surface area contributed by atoms with E-state index in [0.29, 0.717) is 5.92 Å². The second-order valence-corrected chi connectivity index (χ2v) is 5.81. The number of hydrogen-bond donors (Lipinski definition) is 3.